The molecule has 4 amide bonds. The lowest BCUT2D eigenvalue weighted by molar-refractivity contribution is -0.142. The van der Waals surface area contributed by atoms with E-state index in [-0.39, 0.29) is 51.0 Å². The lowest BCUT2D eigenvalue weighted by atomic mass is 10.0. The van der Waals surface area contributed by atoms with Gasteiger partial charge < -0.3 is 54.7 Å². The van der Waals surface area contributed by atoms with Crippen LogP contribution in [-0.4, -0.2) is 87.9 Å². The van der Waals surface area contributed by atoms with E-state index in [2.05, 4.69) is 30.9 Å². The molecule has 0 fully saturated rings. The summed E-state index contributed by atoms with van der Waals surface area (Å²) < 4.78 is 0. The van der Waals surface area contributed by atoms with Gasteiger partial charge in [0, 0.05) is 31.3 Å². The topological polar surface area (TPSA) is 313 Å². The van der Waals surface area contributed by atoms with Gasteiger partial charge in [0.25, 0.3) is 0 Å². The number of nitrogens with two attached hydrogens (primary N) is 5. The van der Waals surface area contributed by atoms with Gasteiger partial charge in [-0.15, -0.1) is 0 Å². The molecule has 224 valence electrons. The molecule has 1 rings (SSSR count). The van der Waals surface area contributed by atoms with Crippen molar-refractivity contribution in [3.05, 3.63) is 18.2 Å². The van der Waals surface area contributed by atoms with Crippen LogP contribution in [-0.2, 0) is 30.4 Å². The van der Waals surface area contributed by atoms with Crippen molar-refractivity contribution in [2.75, 3.05) is 13.1 Å². The number of guanidine groups is 1. The molecule has 17 nitrogen and oxygen atoms in total. The number of primary amides is 1. The molecule has 1 heterocycles. The van der Waals surface area contributed by atoms with Gasteiger partial charge in [-0.25, -0.2) is 9.78 Å². The second kappa shape index (κ2) is 18.1. The summed E-state index contributed by atoms with van der Waals surface area (Å²) in [5.74, 6) is -4.15. The third-order valence-corrected chi connectivity index (χ3v) is 5.79. The number of imidazole rings is 1. The number of H-pyrrole nitrogens is 1. The number of hydrogen-bond acceptors (Lipinski definition) is 9. The fourth-order valence-corrected chi connectivity index (χ4v) is 3.60. The fourth-order valence-electron chi connectivity index (χ4n) is 3.60. The molecule has 1 aromatic rings. The van der Waals surface area contributed by atoms with E-state index in [4.69, 9.17) is 28.7 Å². The largest absolute Gasteiger partial charge is 0.480 e. The zero-order chi connectivity index (χ0) is 30.1. The van der Waals surface area contributed by atoms with Crippen LogP contribution in [0.25, 0.3) is 0 Å². The first kappa shape index (κ1) is 33.8. The summed E-state index contributed by atoms with van der Waals surface area (Å²) in [7, 11) is 0. The maximum Gasteiger partial charge on any atom is 0.326 e. The summed E-state index contributed by atoms with van der Waals surface area (Å²) >= 11 is 0. The molecule has 0 aliphatic rings. The predicted molar refractivity (Wildman–Crippen MR) is 145 cm³/mol. The molecule has 0 spiro atoms. The maximum absolute atomic E-state index is 13.3. The summed E-state index contributed by atoms with van der Waals surface area (Å²) in [4.78, 5) is 72.3. The van der Waals surface area contributed by atoms with Gasteiger partial charge in [-0.1, -0.05) is 0 Å². The molecule has 17 heteroatoms. The van der Waals surface area contributed by atoms with Gasteiger partial charge >= 0.3 is 5.97 Å². The monoisotopic (exact) mass is 567 g/mol. The number of aromatic amines is 1. The van der Waals surface area contributed by atoms with Crippen LogP contribution in [0.4, 0.5) is 0 Å². The normalized spacial score (nSPS) is 13.8. The average molecular weight is 568 g/mol. The van der Waals surface area contributed by atoms with E-state index < -0.39 is 53.8 Å². The van der Waals surface area contributed by atoms with E-state index in [1.54, 1.807) is 0 Å². The molecule has 0 bridgehead atoms. The first-order valence-corrected chi connectivity index (χ1v) is 12.8. The number of aromatic nitrogens is 2. The molecule has 4 atom stereocenters. The Labute approximate surface area is 231 Å². The van der Waals surface area contributed by atoms with Crippen molar-refractivity contribution in [1.82, 2.24) is 25.9 Å². The van der Waals surface area contributed by atoms with Gasteiger partial charge in [0.1, 0.15) is 18.1 Å². The Balaban J connectivity index is 3.01. The van der Waals surface area contributed by atoms with Crippen molar-refractivity contribution in [2.45, 2.75) is 75.5 Å². The molecule has 0 radical (unpaired) electrons. The van der Waals surface area contributed by atoms with E-state index in [0.717, 1.165) is 0 Å². The van der Waals surface area contributed by atoms with Crippen LogP contribution in [0.15, 0.2) is 17.5 Å². The Morgan fingerprint density at radius 3 is 2.10 bits per heavy atom. The van der Waals surface area contributed by atoms with Crippen molar-refractivity contribution in [1.29, 1.82) is 0 Å². The highest BCUT2D eigenvalue weighted by atomic mass is 16.4. The Morgan fingerprint density at radius 1 is 0.900 bits per heavy atom. The highest BCUT2D eigenvalue weighted by Gasteiger charge is 2.30. The van der Waals surface area contributed by atoms with Crippen LogP contribution in [0, 0.1) is 0 Å². The van der Waals surface area contributed by atoms with Crippen molar-refractivity contribution >= 4 is 35.6 Å². The summed E-state index contributed by atoms with van der Waals surface area (Å²) in [5, 5.41) is 17.2. The molecule has 0 aliphatic heterocycles. The lowest BCUT2D eigenvalue weighted by Crippen LogP contribution is -2.57. The van der Waals surface area contributed by atoms with E-state index in [1.165, 1.54) is 12.5 Å². The summed E-state index contributed by atoms with van der Waals surface area (Å²) in [6.45, 7) is 0.529. The quantitative estimate of drug-likeness (QED) is 0.0414. The number of carboxylic acids is 1. The minimum Gasteiger partial charge on any atom is -0.480 e. The molecule has 0 aromatic carbocycles. The Kier molecular flexibility index (Phi) is 15.3. The summed E-state index contributed by atoms with van der Waals surface area (Å²) in [6.07, 6.45) is 4.22. The lowest BCUT2D eigenvalue weighted by Gasteiger charge is -2.25. The fraction of sp³-hybridized carbons (Fsp3) is 0.609. The molecule has 0 saturated heterocycles. The predicted octanol–water partition coefficient (Wildman–Crippen LogP) is -3.73. The van der Waals surface area contributed by atoms with Gasteiger partial charge in [-0.05, 0) is 45.1 Å². The van der Waals surface area contributed by atoms with Crippen LogP contribution in [0.3, 0.4) is 0 Å². The molecule has 1 aromatic heterocycles. The second-order valence-corrected chi connectivity index (χ2v) is 9.15. The number of aliphatic carboxylic acids is 1. The number of carboxylic acid groups (broad SMARTS) is 1. The first-order valence-electron chi connectivity index (χ1n) is 12.8. The molecule has 0 saturated carbocycles. The van der Waals surface area contributed by atoms with Crippen molar-refractivity contribution in [3.8, 4) is 0 Å². The standard InChI is InChI=1S/C23H41N11O6/c24-8-2-1-4-15(20(37)33-16(22(39)40)5-3-9-30-23(27)28)32-21(38)17(10-13-11-29-12-31-13)34-19(36)14(25)6-7-18(26)35/h11-12,14-17H,1-10,24-25H2,(H2,26,35)(H,29,31)(H,32,38)(H,33,37)(H,34,36)(H,39,40)(H4,27,28,30). The smallest absolute Gasteiger partial charge is 0.326 e. The molecule has 40 heavy (non-hydrogen) atoms. The highest BCUT2D eigenvalue weighted by Crippen LogP contribution is 2.07. The number of hydrogen-bond donors (Lipinski definition) is 10. The minimum atomic E-state index is -1.26. The minimum absolute atomic E-state index is 0.0141. The molecular formula is C23H41N11O6. The summed E-state index contributed by atoms with van der Waals surface area (Å²) in [6, 6.07) is -4.65. The zero-order valence-electron chi connectivity index (χ0n) is 22.3. The number of rotatable bonds is 20. The van der Waals surface area contributed by atoms with Gasteiger partial charge in [0.2, 0.25) is 23.6 Å². The highest BCUT2D eigenvalue weighted by molar-refractivity contribution is 5.94. The van der Waals surface area contributed by atoms with E-state index in [1.807, 2.05) is 0 Å². The Bertz CT molecular complexity index is 997. The van der Waals surface area contributed by atoms with Gasteiger partial charge in [-0.3, -0.25) is 24.2 Å². The number of amides is 4. The van der Waals surface area contributed by atoms with Crippen LogP contribution in [0.5, 0.6) is 0 Å². The molecule has 15 N–H and O–H groups in total. The third-order valence-electron chi connectivity index (χ3n) is 5.79. The number of carbonyl (C=O) groups is 5. The van der Waals surface area contributed by atoms with Crippen molar-refractivity contribution < 1.29 is 29.1 Å². The Hall–Kier alpha value is -4.25. The van der Waals surface area contributed by atoms with E-state index >= 15 is 0 Å². The SMILES string of the molecule is NCCCCC(NC(=O)C(Cc1cnc[nH]1)NC(=O)C(N)CCC(N)=O)C(=O)NC(CCCN=C(N)N)C(=O)O. The van der Waals surface area contributed by atoms with Crippen LogP contribution >= 0.6 is 0 Å². The molecular weight excluding hydrogens is 526 g/mol. The van der Waals surface area contributed by atoms with Gasteiger partial charge in [-0.2, -0.15) is 0 Å². The first-order chi connectivity index (χ1) is 18.9. The van der Waals surface area contributed by atoms with Crippen LogP contribution in [0.1, 0.15) is 50.6 Å². The molecule has 0 aliphatic carbocycles. The number of nitrogens with one attached hydrogen (secondary N) is 4. The van der Waals surface area contributed by atoms with Crippen LogP contribution in [0.2, 0.25) is 0 Å². The number of aliphatic imine (C=N–C) groups is 1. The molecule has 4 unspecified atom stereocenters. The van der Waals surface area contributed by atoms with E-state index in [9.17, 15) is 29.1 Å². The van der Waals surface area contributed by atoms with Crippen LogP contribution < -0.4 is 44.6 Å². The number of unbranched alkanes of at least 4 members (excludes halogenated alkanes) is 1. The number of nitrogens with zero attached hydrogens (tertiary/aromatic N) is 2. The zero-order valence-corrected chi connectivity index (χ0v) is 22.3. The average Bonchev–Trinajstić information content (AvgIpc) is 3.40. The maximum atomic E-state index is 13.3. The Morgan fingerprint density at radius 2 is 1.52 bits per heavy atom. The number of carbonyl (C=O) groups excluding carboxylic acids is 4. The van der Waals surface area contributed by atoms with Crippen molar-refractivity contribution in [3.63, 3.8) is 0 Å². The van der Waals surface area contributed by atoms with Gasteiger partial charge in [0.15, 0.2) is 5.96 Å². The third kappa shape index (κ3) is 13.5. The van der Waals surface area contributed by atoms with Crippen molar-refractivity contribution in [2.24, 2.45) is 33.7 Å². The van der Waals surface area contributed by atoms with E-state index in [0.29, 0.717) is 25.1 Å². The van der Waals surface area contributed by atoms with Gasteiger partial charge in [0.05, 0.1) is 12.4 Å². The summed E-state index contributed by atoms with van der Waals surface area (Å²) in [5.41, 5.74) is 27.6. The second-order valence-electron chi connectivity index (χ2n) is 9.15.